The molecule has 0 aromatic heterocycles. The maximum atomic E-state index is 14.1. The first-order chi connectivity index (χ1) is 10.1. The average molecular weight is 286 g/mol. The van der Waals surface area contributed by atoms with Crippen molar-refractivity contribution in [3.8, 4) is 0 Å². The number of likely N-dealkylation sites (N-methyl/N-ethyl adjacent to an activating group) is 1. The van der Waals surface area contributed by atoms with Crippen LogP contribution < -0.4 is 9.80 Å². The van der Waals surface area contributed by atoms with Gasteiger partial charge < -0.3 is 14.9 Å². The van der Waals surface area contributed by atoms with Crippen LogP contribution in [0.25, 0.3) is 0 Å². The molecular formula is C17H19FN2O. The molecule has 1 aliphatic rings. The van der Waals surface area contributed by atoms with E-state index in [0.29, 0.717) is 5.56 Å². The van der Waals surface area contributed by atoms with Gasteiger partial charge in [-0.25, -0.2) is 4.39 Å². The Bertz CT molecular complexity index is 657. The van der Waals surface area contributed by atoms with Gasteiger partial charge in [0, 0.05) is 31.4 Å². The van der Waals surface area contributed by atoms with Gasteiger partial charge in [-0.15, -0.1) is 0 Å². The van der Waals surface area contributed by atoms with E-state index in [1.807, 2.05) is 24.3 Å². The SMILES string of the molecule is C[C@@H](O)c1c(F)cccc1N1CCN(C)c2ccccc21. The van der Waals surface area contributed by atoms with Crippen LogP contribution in [0.1, 0.15) is 18.6 Å². The van der Waals surface area contributed by atoms with E-state index in [-0.39, 0.29) is 5.82 Å². The van der Waals surface area contributed by atoms with E-state index < -0.39 is 6.10 Å². The fourth-order valence-corrected chi connectivity index (χ4v) is 2.93. The molecule has 0 saturated carbocycles. The average Bonchev–Trinajstić information content (AvgIpc) is 2.47. The van der Waals surface area contributed by atoms with E-state index in [0.717, 1.165) is 30.2 Å². The topological polar surface area (TPSA) is 26.7 Å². The minimum absolute atomic E-state index is 0.358. The fourth-order valence-electron chi connectivity index (χ4n) is 2.93. The number of halogens is 1. The third kappa shape index (κ3) is 2.36. The van der Waals surface area contributed by atoms with Crippen LogP contribution in [0, 0.1) is 5.82 Å². The van der Waals surface area contributed by atoms with Crippen LogP contribution in [0.2, 0.25) is 0 Å². The molecule has 1 N–H and O–H groups in total. The van der Waals surface area contributed by atoms with Crippen molar-refractivity contribution in [2.75, 3.05) is 29.9 Å². The van der Waals surface area contributed by atoms with Crippen molar-refractivity contribution >= 4 is 17.1 Å². The lowest BCUT2D eigenvalue weighted by Gasteiger charge is -2.38. The van der Waals surface area contributed by atoms with E-state index in [1.165, 1.54) is 6.07 Å². The van der Waals surface area contributed by atoms with Gasteiger partial charge in [-0.3, -0.25) is 0 Å². The van der Waals surface area contributed by atoms with Gasteiger partial charge in [-0.1, -0.05) is 18.2 Å². The Kier molecular flexibility index (Phi) is 3.55. The molecule has 2 aromatic carbocycles. The fraction of sp³-hybridized carbons (Fsp3) is 0.294. The van der Waals surface area contributed by atoms with E-state index in [2.05, 4.69) is 22.9 Å². The first-order valence-corrected chi connectivity index (χ1v) is 7.14. The molecule has 0 amide bonds. The number of nitrogens with zero attached hydrogens (tertiary/aromatic N) is 2. The van der Waals surface area contributed by atoms with Crippen molar-refractivity contribution < 1.29 is 9.50 Å². The maximum Gasteiger partial charge on any atom is 0.131 e. The number of aliphatic hydroxyl groups is 1. The zero-order valence-electron chi connectivity index (χ0n) is 12.3. The summed E-state index contributed by atoms with van der Waals surface area (Å²) in [5, 5.41) is 9.94. The first-order valence-electron chi connectivity index (χ1n) is 7.14. The lowest BCUT2D eigenvalue weighted by molar-refractivity contribution is 0.194. The van der Waals surface area contributed by atoms with E-state index in [9.17, 15) is 9.50 Å². The highest BCUT2D eigenvalue weighted by molar-refractivity contribution is 5.80. The van der Waals surface area contributed by atoms with E-state index >= 15 is 0 Å². The maximum absolute atomic E-state index is 14.1. The summed E-state index contributed by atoms with van der Waals surface area (Å²) in [6, 6.07) is 13.0. The van der Waals surface area contributed by atoms with Gasteiger partial charge in [-0.05, 0) is 31.2 Å². The van der Waals surface area contributed by atoms with Gasteiger partial charge in [0.15, 0.2) is 0 Å². The number of rotatable bonds is 2. The lowest BCUT2D eigenvalue weighted by atomic mass is 10.0. The Balaban J connectivity index is 2.15. The highest BCUT2D eigenvalue weighted by Gasteiger charge is 2.25. The molecule has 3 nitrogen and oxygen atoms in total. The smallest absolute Gasteiger partial charge is 0.131 e. The van der Waals surface area contributed by atoms with Crippen molar-refractivity contribution in [3.63, 3.8) is 0 Å². The molecule has 110 valence electrons. The largest absolute Gasteiger partial charge is 0.389 e. The van der Waals surface area contributed by atoms with Crippen LogP contribution in [0.15, 0.2) is 42.5 Å². The first kappa shape index (κ1) is 13.9. The Hall–Kier alpha value is -2.07. The molecular weight excluding hydrogens is 267 g/mol. The molecule has 0 radical (unpaired) electrons. The van der Waals surface area contributed by atoms with Crippen LogP contribution in [0.3, 0.4) is 0 Å². The van der Waals surface area contributed by atoms with Crippen molar-refractivity contribution in [3.05, 3.63) is 53.8 Å². The Labute approximate surface area is 124 Å². The normalized spacial score (nSPS) is 15.8. The monoisotopic (exact) mass is 286 g/mol. The van der Waals surface area contributed by atoms with Crippen LogP contribution in [-0.4, -0.2) is 25.2 Å². The number of hydrogen-bond acceptors (Lipinski definition) is 3. The highest BCUT2D eigenvalue weighted by Crippen LogP contribution is 2.40. The third-order valence-corrected chi connectivity index (χ3v) is 3.98. The summed E-state index contributed by atoms with van der Waals surface area (Å²) in [6.45, 7) is 3.22. The lowest BCUT2D eigenvalue weighted by Crippen LogP contribution is -2.37. The molecule has 1 atom stereocenters. The summed E-state index contributed by atoms with van der Waals surface area (Å²) < 4.78 is 14.1. The van der Waals surface area contributed by atoms with Crippen LogP contribution in [0.5, 0.6) is 0 Å². The molecule has 0 bridgehead atoms. The summed E-state index contributed by atoms with van der Waals surface area (Å²) >= 11 is 0. The van der Waals surface area contributed by atoms with E-state index in [4.69, 9.17) is 0 Å². The Morgan fingerprint density at radius 1 is 1.00 bits per heavy atom. The Morgan fingerprint density at radius 2 is 1.67 bits per heavy atom. The number of hydrogen-bond donors (Lipinski definition) is 1. The van der Waals surface area contributed by atoms with Gasteiger partial charge >= 0.3 is 0 Å². The number of para-hydroxylation sites is 2. The minimum Gasteiger partial charge on any atom is -0.389 e. The molecule has 3 rings (SSSR count). The summed E-state index contributed by atoms with van der Waals surface area (Å²) in [5.74, 6) is -0.362. The van der Waals surface area contributed by atoms with Crippen LogP contribution in [-0.2, 0) is 0 Å². The molecule has 0 fully saturated rings. The standard InChI is InChI=1S/C17H19FN2O/c1-12(21)17-13(18)6-5-9-16(17)20-11-10-19(2)14-7-3-4-8-15(14)20/h3-9,12,21H,10-11H2,1-2H3/t12-/m1/s1. The van der Waals surface area contributed by atoms with Crippen LogP contribution >= 0.6 is 0 Å². The van der Waals surface area contributed by atoms with Gasteiger partial charge in [0.05, 0.1) is 17.5 Å². The second-order valence-corrected chi connectivity index (χ2v) is 5.41. The molecule has 0 spiro atoms. The second kappa shape index (κ2) is 5.37. The van der Waals surface area contributed by atoms with Gasteiger partial charge in [0.2, 0.25) is 0 Å². The predicted octanol–water partition coefficient (Wildman–Crippen LogP) is 3.47. The summed E-state index contributed by atoms with van der Waals surface area (Å²) in [4.78, 5) is 4.27. The van der Waals surface area contributed by atoms with Crippen molar-refractivity contribution in [1.29, 1.82) is 0 Å². The van der Waals surface area contributed by atoms with Crippen molar-refractivity contribution in [1.82, 2.24) is 0 Å². The summed E-state index contributed by atoms with van der Waals surface area (Å²) in [6.07, 6.45) is -0.840. The number of benzene rings is 2. The predicted molar refractivity (Wildman–Crippen MR) is 83.8 cm³/mol. The summed E-state index contributed by atoms with van der Waals surface area (Å²) in [5.41, 5.74) is 3.26. The minimum atomic E-state index is -0.840. The van der Waals surface area contributed by atoms with Crippen LogP contribution in [0.4, 0.5) is 21.5 Å². The van der Waals surface area contributed by atoms with Crippen molar-refractivity contribution in [2.45, 2.75) is 13.0 Å². The molecule has 0 unspecified atom stereocenters. The van der Waals surface area contributed by atoms with Gasteiger partial charge in [0.1, 0.15) is 5.82 Å². The number of fused-ring (bicyclic) bond motifs is 1. The zero-order chi connectivity index (χ0) is 15.0. The van der Waals surface area contributed by atoms with Gasteiger partial charge in [0.25, 0.3) is 0 Å². The number of anilines is 3. The molecule has 0 saturated heterocycles. The zero-order valence-corrected chi connectivity index (χ0v) is 12.3. The quantitative estimate of drug-likeness (QED) is 0.915. The highest BCUT2D eigenvalue weighted by atomic mass is 19.1. The second-order valence-electron chi connectivity index (χ2n) is 5.41. The van der Waals surface area contributed by atoms with Crippen molar-refractivity contribution in [2.24, 2.45) is 0 Å². The molecule has 1 aliphatic heterocycles. The molecule has 2 aromatic rings. The number of aliphatic hydroxyl groups excluding tert-OH is 1. The van der Waals surface area contributed by atoms with E-state index in [1.54, 1.807) is 13.0 Å². The Morgan fingerprint density at radius 3 is 2.38 bits per heavy atom. The third-order valence-electron chi connectivity index (χ3n) is 3.98. The molecule has 4 heteroatoms. The molecule has 0 aliphatic carbocycles. The summed E-state index contributed by atoms with van der Waals surface area (Å²) in [7, 11) is 2.05. The molecule has 1 heterocycles. The molecule has 21 heavy (non-hydrogen) atoms. The van der Waals surface area contributed by atoms with Gasteiger partial charge in [-0.2, -0.15) is 0 Å².